The zero-order valence-electron chi connectivity index (χ0n) is 20.0. The topological polar surface area (TPSA) is 102 Å². The molecule has 0 aliphatic heterocycles. The number of alkyl carbamates (subject to hydrolysis) is 1. The van der Waals surface area contributed by atoms with E-state index in [1.165, 1.54) is 0 Å². The van der Waals surface area contributed by atoms with Crippen molar-refractivity contribution in [1.29, 1.82) is 0 Å². The molecule has 2 amide bonds. The summed E-state index contributed by atoms with van der Waals surface area (Å²) in [4.78, 5) is 33.5. The second-order valence-electron chi connectivity index (χ2n) is 8.91. The molecule has 1 fully saturated rings. The zero-order chi connectivity index (χ0) is 24.5. The number of hydrogen-bond acceptors (Lipinski definition) is 6. The van der Waals surface area contributed by atoms with Crippen molar-refractivity contribution >= 4 is 22.9 Å². The first-order valence-electron chi connectivity index (χ1n) is 12.1. The van der Waals surface area contributed by atoms with Gasteiger partial charge in [-0.05, 0) is 73.9 Å². The maximum atomic E-state index is 13.0. The first kappa shape index (κ1) is 24.6. The molecule has 0 radical (unpaired) electrons. The van der Waals surface area contributed by atoms with Crippen LogP contribution in [0, 0.1) is 11.8 Å². The average molecular weight is 477 g/mol. The Morgan fingerprint density at radius 1 is 0.914 bits per heavy atom. The molecule has 2 heterocycles. The number of pyridine rings is 2. The van der Waals surface area contributed by atoms with E-state index < -0.39 is 6.09 Å². The van der Waals surface area contributed by atoms with Crippen LogP contribution in [0.25, 0.3) is 22.2 Å². The molecule has 0 saturated heterocycles. The SMILES string of the molecule is COCCOC(=O)NCC1CCC(CNC(=O)c2cccc3nc(-c4ccncc4)ccc23)CC1. The number of fused-ring (bicyclic) bond motifs is 1. The van der Waals surface area contributed by atoms with E-state index in [0.717, 1.165) is 47.8 Å². The molecule has 0 spiro atoms. The number of ether oxygens (including phenoxy) is 2. The van der Waals surface area contributed by atoms with Gasteiger partial charge in [0.2, 0.25) is 0 Å². The van der Waals surface area contributed by atoms with Crippen LogP contribution in [0.3, 0.4) is 0 Å². The second-order valence-corrected chi connectivity index (χ2v) is 8.91. The quantitative estimate of drug-likeness (QED) is 0.449. The summed E-state index contributed by atoms with van der Waals surface area (Å²) in [6.07, 6.45) is 7.19. The summed E-state index contributed by atoms with van der Waals surface area (Å²) in [6, 6.07) is 13.4. The van der Waals surface area contributed by atoms with Crippen LogP contribution in [0.1, 0.15) is 36.0 Å². The number of amides is 2. The summed E-state index contributed by atoms with van der Waals surface area (Å²) < 4.78 is 9.90. The Kier molecular flexibility index (Phi) is 8.62. The summed E-state index contributed by atoms with van der Waals surface area (Å²) in [7, 11) is 1.57. The molecular weight excluding hydrogens is 444 g/mol. The lowest BCUT2D eigenvalue weighted by Crippen LogP contribution is -2.35. The number of nitrogens with zero attached hydrogens (tertiary/aromatic N) is 2. The number of rotatable bonds is 9. The largest absolute Gasteiger partial charge is 0.447 e. The number of aromatic nitrogens is 2. The molecule has 1 aliphatic rings. The van der Waals surface area contributed by atoms with Gasteiger partial charge in [-0.15, -0.1) is 0 Å². The van der Waals surface area contributed by atoms with Crippen molar-refractivity contribution in [2.24, 2.45) is 11.8 Å². The third kappa shape index (κ3) is 6.76. The van der Waals surface area contributed by atoms with Crippen molar-refractivity contribution in [3.63, 3.8) is 0 Å². The summed E-state index contributed by atoms with van der Waals surface area (Å²) >= 11 is 0. The van der Waals surface area contributed by atoms with Gasteiger partial charge in [0.1, 0.15) is 6.61 Å². The maximum absolute atomic E-state index is 13.0. The first-order chi connectivity index (χ1) is 17.1. The Balaban J connectivity index is 1.26. The van der Waals surface area contributed by atoms with Crippen molar-refractivity contribution < 1.29 is 19.1 Å². The Morgan fingerprint density at radius 2 is 1.63 bits per heavy atom. The number of benzene rings is 1. The van der Waals surface area contributed by atoms with Crippen molar-refractivity contribution in [3.8, 4) is 11.3 Å². The Morgan fingerprint density at radius 3 is 2.34 bits per heavy atom. The van der Waals surface area contributed by atoms with Gasteiger partial charge in [-0.3, -0.25) is 9.78 Å². The minimum atomic E-state index is -0.395. The third-order valence-corrected chi connectivity index (χ3v) is 6.53. The molecule has 2 aromatic heterocycles. The van der Waals surface area contributed by atoms with Crippen LogP contribution in [0.5, 0.6) is 0 Å². The summed E-state index contributed by atoms with van der Waals surface area (Å²) in [5.41, 5.74) is 3.28. The minimum Gasteiger partial charge on any atom is -0.447 e. The fourth-order valence-electron chi connectivity index (χ4n) is 4.50. The lowest BCUT2D eigenvalue weighted by atomic mass is 9.82. The number of carbonyl (C=O) groups excluding carboxylic acids is 2. The monoisotopic (exact) mass is 476 g/mol. The molecule has 1 saturated carbocycles. The van der Waals surface area contributed by atoms with Crippen LogP contribution in [0.15, 0.2) is 54.9 Å². The van der Waals surface area contributed by atoms with Gasteiger partial charge >= 0.3 is 6.09 Å². The molecule has 1 aliphatic carbocycles. The first-order valence-corrected chi connectivity index (χ1v) is 12.1. The summed E-state index contributed by atoms with van der Waals surface area (Å²) in [5.74, 6) is 0.808. The molecule has 2 N–H and O–H groups in total. The Bertz CT molecular complexity index is 1130. The molecule has 184 valence electrons. The normalized spacial score (nSPS) is 17.6. The predicted molar refractivity (Wildman–Crippen MR) is 134 cm³/mol. The number of hydrogen-bond donors (Lipinski definition) is 2. The molecule has 8 heteroatoms. The lowest BCUT2D eigenvalue weighted by Gasteiger charge is -2.28. The number of nitrogens with one attached hydrogen (secondary N) is 2. The highest BCUT2D eigenvalue weighted by atomic mass is 16.6. The van der Waals surface area contributed by atoms with Gasteiger partial charge in [0, 0.05) is 49.1 Å². The van der Waals surface area contributed by atoms with Crippen molar-refractivity contribution in [2.75, 3.05) is 33.4 Å². The van der Waals surface area contributed by atoms with Gasteiger partial charge in [-0.25, -0.2) is 9.78 Å². The van der Waals surface area contributed by atoms with E-state index in [1.807, 2.05) is 42.5 Å². The molecular formula is C27H32N4O4. The second kappa shape index (κ2) is 12.3. The van der Waals surface area contributed by atoms with Gasteiger partial charge in [0.05, 0.1) is 17.8 Å². The minimum absolute atomic E-state index is 0.0725. The Labute approximate surface area is 205 Å². The fraction of sp³-hybridized carbons (Fsp3) is 0.407. The van der Waals surface area contributed by atoms with Gasteiger partial charge < -0.3 is 20.1 Å². The lowest BCUT2D eigenvalue weighted by molar-refractivity contribution is 0.0935. The standard InChI is InChI=1S/C27H32N4O4/c1-34-15-16-35-27(33)30-18-20-7-5-19(6-8-20)17-29-26(32)23-3-2-4-25-22(23)9-10-24(31-25)21-11-13-28-14-12-21/h2-4,9-14,19-20H,5-8,15-18H2,1H3,(H,29,32)(H,30,33). The maximum Gasteiger partial charge on any atom is 0.407 e. The van der Waals surface area contributed by atoms with E-state index in [-0.39, 0.29) is 12.5 Å². The highest BCUT2D eigenvalue weighted by molar-refractivity contribution is 6.06. The van der Waals surface area contributed by atoms with Crippen LogP contribution < -0.4 is 10.6 Å². The van der Waals surface area contributed by atoms with Gasteiger partial charge in [0.25, 0.3) is 5.91 Å². The molecule has 0 bridgehead atoms. The van der Waals surface area contributed by atoms with Crippen LogP contribution >= 0.6 is 0 Å². The van der Waals surface area contributed by atoms with E-state index in [9.17, 15) is 9.59 Å². The van der Waals surface area contributed by atoms with Crippen molar-refractivity contribution in [3.05, 3.63) is 60.4 Å². The number of methoxy groups -OCH3 is 1. The van der Waals surface area contributed by atoms with Gasteiger partial charge in [-0.1, -0.05) is 6.07 Å². The van der Waals surface area contributed by atoms with Gasteiger partial charge in [-0.2, -0.15) is 0 Å². The zero-order valence-corrected chi connectivity index (χ0v) is 20.0. The van der Waals surface area contributed by atoms with Crippen molar-refractivity contribution in [2.45, 2.75) is 25.7 Å². The van der Waals surface area contributed by atoms with E-state index >= 15 is 0 Å². The van der Waals surface area contributed by atoms with Crippen LogP contribution in [-0.4, -0.2) is 55.4 Å². The number of carbonyl (C=O) groups is 2. The highest BCUT2D eigenvalue weighted by Gasteiger charge is 2.22. The fourth-order valence-corrected chi connectivity index (χ4v) is 4.50. The smallest absolute Gasteiger partial charge is 0.407 e. The molecule has 4 rings (SSSR count). The van der Waals surface area contributed by atoms with E-state index in [0.29, 0.717) is 37.1 Å². The van der Waals surface area contributed by atoms with E-state index in [2.05, 4.69) is 15.6 Å². The third-order valence-electron chi connectivity index (χ3n) is 6.53. The molecule has 3 aromatic rings. The van der Waals surface area contributed by atoms with Gasteiger partial charge in [0.15, 0.2) is 0 Å². The van der Waals surface area contributed by atoms with Crippen LogP contribution in [-0.2, 0) is 9.47 Å². The molecule has 0 unspecified atom stereocenters. The van der Waals surface area contributed by atoms with Crippen LogP contribution in [0.4, 0.5) is 4.79 Å². The van der Waals surface area contributed by atoms with E-state index in [1.54, 1.807) is 19.5 Å². The Hall–Kier alpha value is -3.52. The van der Waals surface area contributed by atoms with Crippen molar-refractivity contribution in [1.82, 2.24) is 20.6 Å². The predicted octanol–water partition coefficient (Wildman–Crippen LogP) is 4.21. The molecule has 0 atom stereocenters. The summed E-state index contributed by atoms with van der Waals surface area (Å²) in [6.45, 7) is 1.92. The highest BCUT2D eigenvalue weighted by Crippen LogP contribution is 2.28. The van der Waals surface area contributed by atoms with E-state index in [4.69, 9.17) is 14.5 Å². The molecule has 35 heavy (non-hydrogen) atoms. The summed E-state index contributed by atoms with van der Waals surface area (Å²) in [5, 5.41) is 6.80. The molecule has 1 aromatic carbocycles. The average Bonchev–Trinajstić information content (AvgIpc) is 2.91. The molecule has 8 nitrogen and oxygen atoms in total. The van der Waals surface area contributed by atoms with Crippen LogP contribution in [0.2, 0.25) is 0 Å².